The Hall–Kier alpha value is -0.520. The molecular weight excluding hydrogens is 132 g/mol. The number of allylic oxidation sites excluding steroid dienone is 3. The van der Waals surface area contributed by atoms with E-state index in [0.717, 1.165) is 5.92 Å². The number of unbranched alkanes of at least 4 members (excludes halogenated alkanes) is 1. The van der Waals surface area contributed by atoms with Crippen molar-refractivity contribution in [1.29, 1.82) is 0 Å². The molecule has 0 nitrogen and oxygen atoms in total. The first-order chi connectivity index (χ1) is 5.35. The van der Waals surface area contributed by atoms with E-state index in [1.54, 1.807) is 0 Å². The molecule has 0 rings (SSSR count). The highest BCUT2D eigenvalue weighted by Crippen LogP contribution is 2.13. The van der Waals surface area contributed by atoms with Crippen LogP contribution >= 0.6 is 0 Å². The van der Waals surface area contributed by atoms with Crippen molar-refractivity contribution in [3.63, 3.8) is 0 Å². The summed E-state index contributed by atoms with van der Waals surface area (Å²) in [7, 11) is 0. The van der Waals surface area contributed by atoms with Gasteiger partial charge in [-0.1, -0.05) is 51.5 Å². The smallest absolute Gasteiger partial charge is 0.0233 e. The lowest BCUT2D eigenvalue weighted by Crippen LogP contribution is -1.93. The zero-order chi connectivity index (χ0) is 8.53. The van der Waals surface area contributed by atoms with Gasteiger partial charge in [-0.05, 0) is 18.8 Å². The Kier molecular flexibility index (Phi) is 7.23. The van der Waals surface area contributed by atoms with E-state index in [9.17, 15) is 0 Å². The minimum Gasteiger partial charge on any atom is -0.0991 e. The van der Waals surface area contributed by atoms with Crippen molar-refractivity contribution in [1.82, 2.24) is 0 Å². The molecule has 11 heavy (non-hydrogen) atoms. The van der Waals surface area contributed by atoms with Crippen LogP contribution in [0, 0.1) is 5.92 Å². The fourth-order valence-electron chi connectivity index (χ4n) is 1.14. The Labute approximate surface area is 71.0 Å². The van der Waals surface area contributed by atoms with Gasteiger partial charge in [0.15, 0.2) is 0 Å². The maximum Gasteiger partial charge on any atom is -0.0233 e. The van der Waals surface area contributed by atoms with Gasteiger partial charge in [-0.25, -0.2) is 0 Å². The molecule has 0 aliphatic rings. The Bertz CT molecular complexity index is 111. The van der Waals surface area contributed by atoms with E-state index >= 15 is 0 Å². The second-order valence-electron chi connectivity index (χ2n) is 2.93. The lowest BCUT2D eigenvalue weighted by atomic mass is 9.99. The number of rotatable bonds is 6. The standard InChI is InChI=1S/C11H20/c1-4-7-9-11(6-3)10-8-5-2/h4,7,9,11H,1,5-6,8,10H2,2-3H3. The van der Waals surface area contributed by atoms with Gasteiger partial charge in [0.1, 0.15) is 0 Å². The highest BCUT2D eigenvalue weighted by molar-refractivity contribution is 4.99. The average molecular weight is 152 g/mol. The van der Waals surface area contributed by atoms with E-state index in [2.05, 4.69) is 32.6 Å². The summed E-state index contributed by atoms with van der Waals surface area (Å²) in [4.78, 5) is 0. The predicted molar refractivity (Wildman–Crippen MR) is 52.6 cm³/mol. The Morgan fingerprint density at radius 3 is 2.55 bits per heavy atom. The zero-order valence-electron chi connectivity index (χ0n) is 7.84. The summed E-state index contributed by atoms with van der Waals surface area (Å²) in [6.07, 6.45) is 11.4. The molecule has 0 aliphatic carbocycles. The van der Waals surface area contributed by atoms with Crippen LogP contribution in [0.15, 0.2) is 24.8 Å². The first kappa shape index (κ1) is 10.5. The molecule has 0 aromatic carbocycles. The zero-order valence-corrected chi connectivity index (χ0v) is 7.84. The Morgan fingerprint density at radius 2 is 2.09 bits per heavy atom. The minimum absolute atomic E-state index is 0.771. The topological polar surface area (TPSA) is 0 Å². The van der Waals surface area contributed by atoms with Crippen LogP contribution < -0.4 is 0 Å². The highest BCUT2D eigenvalue weighted by Gasteiger charge is 1.98. The predicted octanol–water partition coefficient (Wildman–Crippen LogP) is 3.95. The number of hydrogen-bond acceptors (Lipinski definition) is 0. The molecule has 0 saturated carbocycles. The van der Waals surface area contributed by atoms with E-state index in [-0.39, 0.29) is 0 Å². The van der Waals surface area contributed by atoms with E-state index < -0.39 is 0 Å². The summed E-state index contributed by atoms with van der Waals surface area (Å²) in [6.45, 7) is 8.14. The average Bonchev–Trinajstić information content (AvgIpc) is 2.05. The normalized spacial score (nSPS) is 13.6. The van der Waals surface area contributed by atoms with Crippen molar-refractivity contribution < 1.29 is 0 Å². The van der Waals surface area contributed by atoms with Gasteiger partial charge in [0, 0.05) is 0 Å². The molecule has 64 valence electrons. The maximum absolute atomic E-state index is 3.66. The van der Waals surface area contributed by atoms with Crippen LogP contribution in [0.4, 0.5) is 0 Å². The van der Waals surface area contributed by atoms with E-state index in [4.69, 9.17) is 0 Å². The molecule has 0 heteroatoms. The summed E-state index contributed by atoms with van der Waals surface area (Å²) in [5.74, 6) is 0.771. The van der Waals surface area contributed by atoms with Crippen molar-refractivity contribution >= 4 is 0 Å². The molecule has 0 N–H and O–H groups in total. The molecule has 0 spiro atoms. The van der Waals surface area contributed by atoms with Crippen molar-refractivity contribution in [3.05, 3.63) is 24.8 Å². The number of hydrogen-bond donors (Lipinski definition) is 0. The van der Waals surface area contributed by atoms with Crippen LogP contribution in [0.25, 0.3) is 0 Å². The SMILES string of the molecule is C=CC=CC(CC)CCCC. The van der Waals surface area contributed by atoms with Crippen LogP contribution in [0.2, 0.25) is 0 Å². The van der Waals surface area contributed by atoms with Gasteiger partial charge in [-0.2, -0.15) is 0 Å². The van der Waals surface area contributed by atoms with Gasteiger partial charge in [-0.3, -0.25) is 0 Å². The highest BCUT2D eigenvalue weighted by atomic mass is 14.0. The van der Waals surface area contributed by atoms with Crippen LogP contribution in [0.5, 0.6) is 0 Å². The molecular formula is C11H20. The molecule has 0 radical (unpaired) electrons. The van der Waals surface area contributed by atoms with E-state index in [1.807, 2.05) is 6.08 Å². The van der Waals surface area contributed by atoms with Gasteiger partial charge in [0.2, 0.25) is 0 Å². The van der Waals surface area contributed by atoms with Crippen molar-refractivity contribution in [2.45, 2.75) is 39.5 Å². The summed E-state index contributed by atoms with van der Waals surface area (Å²) in [5.41, 5.74) is 0. The molecule has 0 amide bonds. The third-order valence-electron chi connectivity index (χ3n) is 1.97. The van der Waals surface area contributed by atoms with Crippen LogP contribution in [0.1, 0.15) is 39.5 Å². The maximum atomic E-state index is 3.66. The molecule has 0 bridgehead atoms. The minimum atomic E-state index is 0.771. The summed E-state index contributed by atoms with van der Waals surface area (Å²) >= 11 is 0. The van der Waals surface area contributed by atoms with Gasteiger partial charge >= 0.3 is 0 Å². The second kappa shape index (κ2) is 7.59. The monoisotopic (exact) mass is 152 g/mol. The Morgan fingerprint density at radius 1 is 1.36 bits per heavy atom. The van der Waals surface area contributed by atoms with Gasteiger partial charge < -0.3 is 0 Å². The van der Waals surface area contributed by atoms with Gasteiger partial charge in [-0.15, -0.1) is 0 Å². The first-order valence-electron chi connectivity index (χ1n) is 4.64. The fraction of sp³-hybridized carbons (Fsp3) is 0.636. The lowest BCUT2D eigenvalue weighted by Gasteiger charge is -2.07. The largest absolute Gasteiger partial charge is 0.0991 e. The van der Waals surface area contributed by atoms with Crippen LogP contribution in [-0.2, 0) is 0 Å². The molecule has 0 fully saturated rings. The van der Waals surface area contributed by atoms with Crippen molar-refractivity contribution in [3.8, 4) is 0 Å². The molecule has 0 aliphatic heterocycles. The molecule has 0 aromatic rings. The van der Waals surface area contributed by atoms with E-state index in [0.29, 0.717) is 0 Å². The van der Waals surface area contributed by atoms with Crippen LogP contribution in [-0.4, -0.2) is 0 Å². The van der Waals surface area contributed by atoms with Crippen molar-refractivity contribution in [2.75, 3.05) is 0 Å². The molecule has 0 aromatic heterocycles. The summed E-state index contributed by atoms with van der Waals surface area (Å²) in [6, 6.07) is 0. The second-order valence-corrected chi connectivity index (χ2v) is 2.93. The molecule has 1 atom stereocenters. The summed E-state index contributed by atoms with van der Waals surface area (Å²) < 4.78 is 0. The molecule has 0 saturated heterocycles. The third kappa shape index (κ3) is 5.90. The van der Waals surface area contributed by atoms with Gasteiger partial charge in [0.25, 0.3) is 0 Å². The Balaban J connectivity index is 3.56. The first-order valence-corrected chi connectivity index (χ1v) is 4.64. The fourth-order valence-corrected chi connectivity index (χ4v) is 1.14. The van der Waals surface area contributed by atoms with Crippen LogP contribution in [0.3, 0.4) is 0 Å². The van der Waals surface area contributed by atoms with E-state index in [1.165, 1.54) is 25.7 Å². The molecule has 1 unspecified atom stereocenters. The van der Waals surface area contributed by atoms with Gasteiger partial charge in [0.05, 0.1) is 0 Å². The third-order valence-corrected chi connectivity index (χ3v) is 1.97. The van der Waals surface area contributed by atoms with Crippen molar-refractivity contribution in [2.24, 2.45) is 5.92 Å². The lowest BCUT2D eigenvalue weighted by molar-refractivity contribution is 0.540. The molecule has 0 heterocycles. The quantitative estimate of drug-likeness (QED) is 0.506. The summed E-state index contributed by atoms with van der Waals surface area (Å²) in [5, 5.41) is 0.